The second kappa shape index (κ2) is 9.57. The average Bonchev–Trinajstić information content (AvgIpc) is 3.71. The van der Waals surface area contributed by atoms with Gasteiger partial charge in [-0.25, -0.2) is 0 Å². The quantitative estimate of drug-likeness (QED) is 0.191. The zero-order chi connectivity index (χ0) is 31.3. The van der Waals surface area contributed by atoms with Crippen LogP contribution in [0.5, 0.6) is 0 Å². The molecule has 0 amide bonds. The summed E-state index contributed by atoms with van der Waals surface area (Å²) >= 11 is 0. The molecule has 0 fully saturated rings. The van der Waals surface area contributed by atoms with Crippen molar-refractivity contribution in [3.63, 3.8) is 0 Å². The number of hydrogen-bond donors (Lipinski definition) is 0. The minimum absolute atomic E-state index is 0.00645. The molecule has 222 valence electrons. The van der Waals surface area contributed by atoms with Gasteiger partial charge in [-0.3, -0.25) is 0 Å². The molecule has 7 aromatic carbocycles. The Labute approximate surface area is 273 Å². The van der Waals surface area contributed by atoms with E-state index in [0.717, 1.165) is 0 Å². The van der Waals surface area contributed by atoms with Gasteiger partial charge in [-0.15, -0.1) is 0 Å². The van der Waals surface area contributed by atoms with E-state index < -0.39 is 0 Å². The van der Waals surface area contributed by atoms with Crippen molar-refractivity contribution >= 4 is 43.6 Å². The number of aromatic nitrogens is 2. The van der Waals surface area contributed by atoms with E-state index in [-0.39, 0.29) is 5.41 Å². The smallest absolute Gasteiger partial charge is 0.0547 e. The molecular formula is C45H32N2. The van der Waals surface area contributed by atoms with Gasteiger partial charge in [0.05, 0.1) is 22.1 Å². The van der Waals surface area contributed by atoms with Crippen LogP contribution in [0, 0.1) is 0 Å². The number of fused-ring (bicyclic) bond motifs is 9. The van der Waals surface area contributed by atoms with Crippen molar-refractivity contribution in [1.82, 2.24) is 9.13 Å². The molecule has 0 N–H and O–H groups in total. The average molecular weight is 601 g/mol. The normalized spacial score (nSPS) is 13.5. The number of rotatable bonds is 3. The molecule has 0 saturated carbocycles. The maximum Gasteiger partial charge on any atom is 0.0547 e. The van der Waals surface area contributed by atoms with Crippen LogP contribution in [0.25, 0.3) is 77.2 Å². The minimum Gasteiger partial charge on any atom is -0.309 e. The van der Waals surface area contributed by atoms with E-state index in [1.54, 1.807) is 0 Å². The molecule has 10 rings (SSSR count). The number of benzene rings is 7. The molecular weight excluding hydrogens is 569 g/mol. The lowest BCUT2D eigenvalue weighted by Crippen LogP contribution is -2.14. The van der Waals surface area contributed by atoms with Crippen LogP contribution >= 0.6 is 0 Å². The third-order valence-electron chi connectivity index (χ3n) is 10.5. The minimum atomic E-state index is -0.00645. The summed E-state index contributed by atoms with van der Waals surface area (Å²) < 4.78 is 4.84. The summed E-state index contributed by atoms with van der Waals surface area (Å²) in [7, 11) is 0. The molecule has 2 heterocycles. The first-order valence-electron chi connectivity index (χ1n) is 16.4. The third kappa shape index (κ3) is 3.67. The van der Waals surface area contributed by atoms with Crippen molar-refractivity contribution in [2.75, 3.05) is 0 Å². The van der Waals surface area contributed by atoms with Gasteiger partial charge in [-0.2, -0.15) is 0 Å². The zero-order valence-electron chi connectivity index (χ0n) is 26.4. The SMILES string of the molecule is CC1(C)c2ccccc2-c2cc(-n3c4ccccc4c4cc(-c5ccc6c7ccccc7n(-c7ccccc7)c6c5)ccc43)ccc21. The van der Waals surface area contributed by atoms with Crippen molar-refractivity contribution in [1.29, 1.82) is 0 Å². The summed E-state index contributed by atoms with van der Waals surface area (Å²) in [6, 6.07) is 58.1. The predicted molar refractivity (Wildman–Crippen MR) is 198 cm³/mol. The summed E-state index contributed by atoms with van der Waals surface area (Å²) in [5, 5.41) is 5.08. The van der Waals surface area contributed by atoms with E-state index in [4.69, 9.17) is 0 Å². The lowest BCUT2D eigenvalue weighted by Gasteiger charge is -2.21. The van der Waals surface area contributed by atoms with E-state index in [1.165, 1.54) is 88.4 Å². The molecule has 0 spiro atoms. The zero-order valence-corrected chi connectivity index (χ0v) is 26.4. The van der Waals surface area contributed by atoms with Crippen molar-refractivity contribution in [2.45, 2.75) is 19.3 Å². The maximum atomic E-state index is 2.44. The first-order chi connectivity index (χ1) is 23.1. The Bertz CT molecular complexity index is 2700. The fourth-order valence-electron chi connectivity index (χ4n) is 8.28. The number of hydrogen-bond acceptors (Lipinski definition) is 0. The summed E-state index contributed by atoms with van der Waals surface area (Å²) in [4.78, 5) is 0. The Hall–Kier alpha value is -5.86. The predicted octanol–water partition coefficient (Wildman–Crippen LogP) is 11.9. The topological polar surface area (TPSA) is 9.86 Å². The van der Waals surface area contributed by atoms with Crippen LogP contribution < -0.4 is 0 Å². The Morgan fingerprint density at radius 1 is 0.362 bits per heavy atom. The first-order valence-corrected chi connectivity index (χ1v) is 16.4. The van der Waals surface area contributed by atoms with E-state index in [1.807, 2.05) is 0 Å². The van der Waals surface area contributed by atoms with Gasteiger partial charge in [0, 0.05) is 38.3 Å². The highest BCUT2D eigenvalue weighted by molar-refractivity contribution is 6.12. The van der Waals surface area contributed by atoms with Gasteiger partial charge in [-0.1, -0.05) is 117 Å². The highest BCUT2D eigenvalue weighted by atomic mass is 15.0. The second-order valence-electron chi connectivity index (χ2n) is 13.4. The molecule has 2 heteroatoms. The molecule has 47 heavy (non-hydrogen) atoms. The van der Waals surface area contributed by atoms with Gasteiger partial charge in [0.15, 0.2) is 0 Å². The largest absolute Gasteiger partial charge is 0.309 e. The van der Waals surface area contributed by atoms with Gasteiger partial charge in [0.25, 0.3) is 0 Å². The van der Waals surface area contributed by atoms with Crippen LogP contribution in [-0.4, -0.2) is 9.13 Å². The molecule has 2 aromatic heterocycles. The van der Waals surface area contributed by atoms with Crippen LogP contribution in [0.2, 0.25) is 0 Å². The van der Waals surface area contributed by atoms with Crippen molar-refractivity contribution < 1.29 is 0 Å². The summed E-state index contributed by atoms with van der Waals surface area (Å²) in [6.07, 6.45) is 0. The fraction of sp³-hybridized carbons (Fsp3) is 0.0667. The highest BCUT2D eigenvalue weighted by Crippen LogP contribution is 2.49. The summed E-state index contributed by atoms with van der Waals surface area (Å²) in [6.45, 7) is 4.69. The molecule has 0 aliphatic heterocycles. The Balaban J connectivity index is 1.17. The standard InChI is InChI=1S/C45H32N2/c1-45(2)39-17-9-6-14-33(39)37-28-32(22-24-40(37)45)47-42-19-11-8-16-35(42)38-26-29(21-25-43(38)47)30-20-23-36-34-15-7-10-18-41(34)46(44(36)27-30)31-12-4-3-5-13-31/h3-28H,1-2H3. The van der Waals surface area contributed by atoms with Gasteiger partial charge in [-0.05, 0) is 88.0 Å². The molecule has 2 nitrogen and oxygen atoms in total. The molecule has 0 unspecified atom stereocenters. The monoisotopic (exact) mass is 600 g/mol. The molecule has 0 bridgehead atoms. The van der Waals surface area contributed by atoms with E-state index in [0.29, 0.717) is 0 Å². The summed E-state index contributed by atoms with van der Waals surface area (Å²) in [5.74, 6) is 0. The van der Waals surface area contributed by atoms with E-state index >= 15 is 0 Å². The van der Waals surface area contributed by atoms with Crippen LogP contribution in [0.15, 0.2) is 158 Å². The number of para-hydroxylation sites is 3. The fourth-order valence-corrected chi connectivity index (χ4v) is 8.28. The molecule has 1 aliphatic carbocycles. The molecule has 0 saturated heterocycles. The Kier molecular flexibility index (Phi) is 5.37. The van der Waals surface area contributed by atoms with Crippen LogP contribution in [0.1, 0.15) is 25.0 Å². The van der Waals surface area contributed by atoms with Crippen LogP contribution in [0.3, 0.4) is 0 Å². The molecule has 1 aliphatic rings. The van der Waals surface area contributed by atoms with Gasteiger partial charge in [0.2, 0.25) is 0 Å². The Morgan fingerprint density at radius 3 is 1.74 bits per heavy atom. The van der Waals surface area contributed by atoms with E-state index in [9.17, 15) is 0 Å². The van der Waals surface area contributed by atoms with Crippen LogP contribution in [0.4, 0.5) is 0 Å². The Morgan fingerprint density at radius 2 is 0.936 bits per heavy atom. The highest BCUT2D eigenvalue weighted by Gasteiger charge is 2.35. The second-order valence-corrected chi connectivity index (χ2v) is 13.4. The van der Waals surface area contributed by atoms with Crippen molar-refractivity contribution in [2.24, 2.45) is 0 Å². The lowest BCUT2D eigenvalue weighted by atomic mass is 9.82. The molecule has 0 atom stereocenters. The van der Waals surface area contributed by atoms with Crippen molar-refractivity contribution in [3.05, 3.63) is 169 Å². The van der Waals surface area contributed by atoms with Gasteiger partial charge in [0.1, 0.15) is 0 Å². The lowest BCUT2D eigenvalue weighted by molar-refractivity contribution is 0.660. The van der Waals surface area contributed by atoms with Gasteiger partial charge < -0.3 is 9.13 Å². The van der Waals surface area contributed by atoms with E-state index in [2.05, 4.69) is 181 Å². The molecule has 0 radical (unpaired) electrons. The maximum absolute atomic E-state index is 2.44. The molecule has 9 aromatic rings. The van der Waals surface area contributed by atoms with Gasteiger partial charge >= 0.3 is 0 Å². The number of nitrogens with zero attached hydrogens (tertiary/aromatic N) is 2. The van der Waals surface area contributed by atoms with Crippen LogP contribution in [-0.2, 0) is 5.41 Å². The van der Waals surface area contributed by atoms with Crippen molar-refractivity contribution in [3.8, 4) is 33.6 Å². The third-order valence-corrected chi connectivity index (χ3v) is 10.5. The summed E-state index contributed by atoms with van der Waals surface area (Å²) in [5.41, 5.74) is 15.2. The first kappa shape index (κ1) is 26.4.